The van der Waals surface area contributed by atoms with E-state index in [-0.39, 0.29) is 23.2 Å². The predicted octanol–water partition coefficient (Wildman–Crippen LogP) is 2.08. The van der Waals surface area contributed by atoms with Crippen LogP contribution >= 0.6 is 0 Å². The van der Waals surface area contributed by atoms with Crippen LogP contribution in [0.2, 0.25) is 0 Å². The average Bonchev–Trinajstić information content (AvgIpc) is 2.58. The Morgan fingerprint density at radius 2 is 1.64 bits per heavy atom. The minimum absolute atomic E-state index is 0.0113. The fourth-order valence-electron chi connectivity index (χ4n) is 2.81. The highest BCUT2D eigenvalue weighted by Gasteiger charge is 2.24. The molecule has 2 aromatic rings. The molecule has 0 spiro atoms. The van der Waals surface area contributed by atoms with Crippen molar-refractivity contribution < 1.29 is 17.6 Å². The van der Waals surface area contributed by atoms with E-state index in [1.165, 1.54) is 18.4 Å². The highest BCUT2D eigenvalue weighted by atomic mass is 32.2. The van der Waals surface area contributed by atoms with Gasteiger partial charge in [-0.3, -0.25) is 4.79 Å². The summed E-state index contributed by atoms with van der Waals surface area (Å²) in [7, 11) is -3.23. The van der Waals surface area contributed by atoms with Crippen molar-refractivity contribution in [2.45, 2.75) is 11.4 Å². The van der Waals surface area contributed by atoms with Gasteiger partial charge >= 0.3 is 0 Å². The molecule has 1 fully saturated rings. The van der Waals surface area contributed by atoms with E-state index in [0.717, 1.165) is 11.3 Å². The molecule has 0 unspecified atom stereocenters. The van der Waals surface area contributed by atoms with Gasteiger partial charge in [-0.25, -0.2) is 12.8 Å². The summed E-state index contributed by atoms with van der Waals surface area (Å²) in [5.74, 6) is -0.305. The quantitative estimate of drug-likeness (QED) is 0.836. The van der Waals surface area contributed by atoms with Gasteiger partial charge in [0.05, 0.1) is 11.4 Å². The fraction of sp³-hybridized carbons (Fsp3) is 0.278. The number of piperazine rings is 1. The Labute approximate surface area is 146 Å². The van der Waals surface area contributed by atoms with Crippen LogP contribution in [-0.2, 0) is 21.2 Å². The zero-order valence-electron chi connectivity index (χ0n) is 13.9. The third kappa shape index (κ3) is 4.17. The van der Waals surface area contributed by atoms with E-state index in [4.69, 9.17) is 0 Å². The molecule has 1 amide bonds. The first kappa shape index (κ1) is 17.4. The van der Waals surface area contributed by atoms with Crippen molar-refractivity contribution in [1.29, 1.82) is 0 Å². The number of sulfone groups is 1. The number of benzene rings is 2. The molecular weight excluding hydrogens is 343 g/mol. The highest BCUT2D eigenvalue weighted by Crippen LogP contribution is 2.20. The van der Waals surface area contributed by atoms with Crippen LogP contribution in [0.3, 0.4) is 0 Å². The minimum Gasteiger partial charge on any atom is -0.360 e. The molecule has 0 radical (unpaired) electrons. The fourth-order valence-corrected chi connectivity index (χ4v) is 3.44. The van der Waals surface area contributed by atoms with Crippen molar-refractivity contribution in [2.24, 2.45) is 0 Å². The number of carbonyl (C=O) groups is 1. The Kier molecular flexibility index (Phi) is 4.76. The second-order valence-electron chi connectivity index (χ2n) is 6.13. The Hall–Kier alpha value is -2.41. The smallest absolute Gasteiger partial charge is 0.242 e. The van der Waals surface area contributed by atoms with E-state index in [0.29, 0.717) is 19.6 Å². The van der Waals surface area contributed by atoms with Gasteiger partial charge in [-0.05, 0) is 42.0 Å². The molecule has 1 aliphatic rings. The summed E-state index contributed by atoms with van der Waals surface area (Å²) in [6.07, 6.45) is 1.17. The van der Waals surface area contributed by atoms with Crippen LogP contribution in [0.4, 0.5) is 10.1 Å². The molecule has 0 aromatic heterocycles. The van der Waals surface area contributed by atoms with Gasteiger partial charge < -0.3 is 9.80 Å². The van der Waals surface area contributed by atoms with Crippen LogP contribution in [0.15, 0.2) is 53.4 Å². The van der Waals surface area contributed by atoms with Crippen LogP contribution in [0.1, 0.15) is 5.56 Å². The monoisotopic (exact) mass is 362 g/mol. The number of hydrogen-bond acceptors (Lipinski definition) is 4. The topological polar surface area (TPSA) is 57.7 Å². The number of nitrogens with zero attached hydrogens (tertiary/aromatic N) is 2. The van der Waals surface area contributed by atoms with Gasteiger partial charge in [-0.2, -0.15) is 0 Å². The van der Waals surface area contributed by atoms with E-state index in [2.05, 4.69) is 0 Å². The second-order valence-corrected chi connectivity index (χ2v) is 8.15. The van der Waals surface area contributed by atoms with E-state index in [1.54, 1.807) is 41.3 Å². The van der Waals surface area contributed by atoms with E-state index >= 15 is 0 Å². The Morgan fingerprint density at radius 3 is 2.20 bits per heavy atom. The zero-order valence-corrected chi connectivity index (χ0v) is 14.7. The van der Waals surface area contributed by atoms with Gasteiger partial charge in [0, 0.05) is 31.6 Å². The van der Waals surface area contributed by atoms with E-state index in [1.807, 2.05) is 4.90 Å². The van der Waals surface area contributed by atoms with Gasteiger partial charge in [-0.15, -0.1) is 0 Å². The van der Waals surface area contributed by atoms with Gasteiger partial charge in [0.1, 0.15) is 5.82 Å². The molecule has 132 valence electrons. The van der Waals surface area contributed by atoms with Crippen LogP contribution in [0.5, 0.6) is 0 Å². The second kappa shape index (κ2) is 6.84. The molecule has 2 aromatic carbocycles. The largest absolute Gasteiger partial charge is 0.360 e. The van der Waals surface area contributed by atoms with Crippen molar-refractivity contribution in [2.75, 3.05) is 30.8 Å². The lowest BCUT2D eigenvalue weighted by molar-refractivity contribution is -0.131. The summed E-state index contributed by atoms with van der Waals surface area (Å²) in [6.45, 7) is 1.91. The third-order valence-electron chi connectivity index (χ3n) is 4.24. The zero-order chi connectivity index (χ0) is 18.0. The van der Waals surface area contributed by atoms with Gasteiger partial charge in [-0.1, -0.05) is 12.1 Å². The van der Waals surface area contributed by atoms with Crippen molar-refractivity contribution >= 4 is 21.4 Å². The maximum absolute atomic E-state index is 13.0. The molecule has 3 rings (SSSR count). The number of amides is 1. The average molecular weight is 362 g/mol. The Bertz CT molecular complexity index is 864. The lowest BCUT2D eigenvalue weighted by Gasteiger charge is -2.35. The van der Waals surface area contributed by atoms with Crippen LogP contribution in [-0.4, -0.2) is 45.1 Å². The summed E-state index contributed by atoms with van der Waals surface area (Å²) < 4.78 is 36.0. The predicted molar refractivity (Wildman–Crippen MR) is 93.6 cm³/mol. The number of anilines is 1. The van der Waals surface area contributed by atoms with Crippen molar-refractivity contribution in [3.8, 4) is 0 Å². The normalized spacial score (nSPS) is 15.5. The molecule has 1 saturated heterocycles. The Morgan fingerprint density at radius 1 is 1.00 bits per heavy atom. The molecular formula is C18H19FN2O3S. The van der Waals surface area contributed by atoms with E-state index in [9.17, 15) is 17.6 Å². The van der Waals surface area contributed by atoms with Crippen molar-refractivity contribution in [1.82, 2.24) is 4.90 Å². The van der Waals surface area contributed by atoms with Crippen LogP contribution < -0.4 is 4.90 Å². The highest BCUT2D eigenvalue weighted by molar-refractivity contribution is 7.90. The molecule has 0 N–H and O–H groups in total. The molecule has 25 heavy (non-hydrogen) atoms. The number of halogens is 1. The molecule has 0 bridgehead atoms. The lowest BCUT2D eigenvalue weighted by atomic mass is 10.2. The number of rotatable bonds is 4. The van der Waals surface area contributed by atoms with Gasteiger partial charge in [0.15, 0.2) is 9.84 Å². The summed E-state index contributed by atoms with van der Waals surface area (Å²) in [6, 6.07) is 12.7. The van der Waals surface area contributed by atoms with E-state index < -0.39 is 9.84 Å². The molecule has 1 heterocycles. The van der Waals surface area contributed by atoms with Crippen LogP contribution in [0.25, 0.3) is 0 Å². The molecule has 0 aliphatic carbocycles. The van der Waals surface area contributed by atoms with Gasteiger partial charge in [0.2, 0.25) is 5.91 Å². The molecule has 1 aliphatic heterocycles. The minimum atomic E-state index is -3.23. The molecule has 0 atom stereocenters. The first-order chi connectivity index (χ1) is 11.8. The number of carbonyl (C=O) groups excluding carboxylic acids is 1. The maximum atomic E-state index is 13.0. The number of hydrogen-bond donors (Lipinski definition) is 0. The van der Waals surface area contributed by atoms with Crippen LogP contribution in [0, 0.1) is 5.82 Å². The summed E-state index contributed by atoms with van der Waals surface area (Å²) >= 11 is 0. The molecule has 7 heteroatoms. The Balaban J connectivity index is 1.65. The lowest BCUT2D eigenvalue weighted by Crippen LogP contribution is -2.50. The molecule has 0 saturated carbocycles. The van der Waals surface area contributed by atoms with Gasteiger partial charge in [0.25, 0.3) is 0 Å². The summed E-state index contributed by atoms with van der Waals surface area (Å²) in [5.41, 5.74) is 1.71. The van der Waals surface area contributed by atoms with Crippen molar-refractivity contribution in [3.05, 3.63) is 59.9 Å². The van der Waals surface area contributed by atoms with Crippen molar-refractivity contribution in [3.63, 3.8) is 0 Å². The summed E-state index contributed by atoms with van der Waals surface area (Å²) in [5, 5.41) is 0. The third-order valence-corrected chi connectivity index (χ3v) is 5.36. The molecule has 5 nitrogen and oxygen atoms in total. The first-order valence-corrected chi connectivity index (χ1v) is 9.79. The maximum Gasteiger partial charge on any atom is 0.242 e. The summed E-state index contributed by atoms with van der Waals surface area (Å²) in [4.78, 5) is 16.3. The SMILES string of the molecule is CS(=O)(=O)c1ccc(N2CCN(Cc3ccc(F)cc3)C(=O)C2)cc1. The standard InChI is InChI=1S/C18H19FN2O3S/c1-25(23,24)17-8-6-16(7-9-17)20-10-11-21(18(22)13-20)12-14-2-4-15(19)5-3-14/h2-9H,10-13H2,1H3. The first-order valence-electron chi connectivity index (χ1n) is 7.90.